The maximum Gasteiger partial charge on any atom is 0.269 e. The lowest BCUT2D eigenvalue weighted by Gasteiger charge is -2.20. The number of hydrogen-bond acceptors (Lipinski definition) is 4. The molecule has 0 fully saturated rings. The Balaban J connectivity index is 2.98. The van der Waals surface area contributed by atoms with Gasteiger partial charge in [0, 0.05) is 25.2 Å². The molecule has 0 aliphatic carbocycles. The molecule has 0 heterocycles. The third kappa shape index (κ3) is 3.51. The van der Waals surface area contributed by atoms with E-state index in [0.29, 0.717) is 5.56 Å². The van der Waals surface area contributed by atoms with Crippen molar-refractivity contribution in [3.8, 4) is 0 Å². The minimum absolute atomic E-state index is 0.102. The van der Waals surface area contributed by atoms with Gasteiger partial charge >= 0.3 is 0 Å². The average Bonchev–Trinajstić information content (AvgIpc) is 2.27. The quantitative estimate of drug-likeness (QED) is 0.604. The van der Waals surface area contributed by atoms with Gasteiger partial charge in [0.05, 0.1) is 10.7 Å². The van der Waals surface area contributed by atoms with Crippen LogP contribution in [-0.4, -0.2) is 30.7 Å². The summed E-state index contributed by atoms with van der Waals surface area (Å²) < 4.78 is 25.2. The average molecular weight is 272 g/mol. The molecule has 0 spiro atoms. The molecule has 1 rings (SSSR count). The van der Waals surface area contributed by atoms with Gasteiger partial charge in [-0.3, -0.25) is 10.1 Å². The highest BCUT2D eigenvalue weighted by Crippen LogP contribution is 2.17. The second-order valence-electron chi connectivity index (χ2n) is 4.29. The van der Waals surface area contributed by atoms with Gasteiger partial charge in [0.2, 0.25) is 10.0 Å². The molecule has 0 N–H and O–H groups in total. The van der Waals surface area contributed by atoms with Crippen LogP contribution in [0.25, 0.3) is 0 Å². The monoisotopic (exact) mass is 272 g/mol. The van der Waals surface area contributed by atoms with E-state index in [1.54, 1.807) is 19.9 Å². The zero-order valence-electron chi connectivity index (χ0n) is 10.5. The van der Waals surface area contributed by atoms with Crippen molar-refractivity contribution in [3.05, 3.63) is 39.9 Å². The molecule has 0 radical (unpaired) electrons. The molecular formula is C11H16N2O4S. The molecule has 0 aliphatic heterocycles. The Morgan fingerprint density at radius 3 is 2.50 bits per heavy atom. The van der Waals surface area contributed by atoms with Crippen molar-refractivity contribution in [3.63, 3.8) is 0 Å². The number of nitrogens with zero attached hydrogens (tertiary/aromatic N) is 2. The lowest BCUT2D eigenvalue weighted by molar-refractivity contribution is -0.384. The van der Waals surface area contributed by atoms with Gasteiger partial charge in [-0.1, -0.05) is 12.1 Å². The number of non-ortho nitro benzene ring substituents is 1. The van der Waals surface area contributed by atoms with E-state index in [4.69, 9.17) is 0 Å². The highest BCUT2D eigenvalue weighted by atomic mass is 32.2. The van der Waals surface area contributed by atoms with Gasteiger partial charge in [-0.25, -0.2) is 12.7 Å². The predicted octanol–water partition coefficient (Wildman–Crippen LogP) is 1.76. The van der Waals surface area contributed by atoms with E-state index in [2.05, 4.69) is 0 Å². The number of rotatable bonds is 5. The molecule has 0 aromatic heterocycles. The molecule has 0 saturated carbocycles. The van der Waals surface area contributed by atoms with E-state index in [9.17, 15) is 18.5 Å². The van der Waals surface area contributed by atoms with Crippen molar-refractivity contribution in [1.29, 1.82) is 0 Å². The highest BCUT2D eigenvalue weighted by molar-refractivity contribution is 7.88. The molecular weight excluding hydrogens is 256 g/mol. The molecule has 1 aromatic rings. The fraction of sp³-hybridized carbons (Fsp3) is 0.455. The zero-order chi connectivity index (χ0) is 13.9. The molecule has 0 bridgehead atoms. The molecule has 0 unspecified atom stereocenters. The maximum absolute atomic E-state index is 12.0. The summed E-state index contributed by atoms with van der Waals surface area (Å²) in [6.07, 6.45) is 0. The Kier molecular flexibility index (Phi) is 4.42. The second-order valence-corrected chi connectivity index (χ2v) is 6.32. The lowest BCUT2D eigenvalue weighted by Crippen LogP contribution is -2.33. The first-order chi connectivity index (χ1) is 8.24. The van der Waals surface area contributed by atoms with Gasteiger partial charge < -0.3 is 0 Å². The van der Waals surface area contributed by atoms with Gasteiger partial charge in [-0.2, -0.15) is 0 Å². The number of sulfonamides is 1. The molecule has 7 heteroatoms. The van der Waals surface area contributed by atoms with Crippen molar-refractivity contribution in [2.24, 2.45) is 0 Å². The fourth-order valence-electron chi connectivity index (χ4n) is 1.39. The Morgan fingerprint density at radius 1 is 1.39 bits per heavy atom. The van der Waals surface area contributed by atoms with Crippen LogP contribution in [-0.2, 0) is 15.8 Å². The Morgan fingerprint density at radius 2 is 2.00 bits per heavy atom. The molecule has 0 amide bonds. The Hall–Kier alpha value is -1.47. The summed E-state index contributed by atoms with van der Waals surface area (Å²) in [6, 6.07) is 5.53. The first-order valence-electron chi connectivity index (χ1n) is 5.43. The van der Waals surface area contributed by atoms with Gasteiger partial charge in [0.15, 0.2) is 0 Å². The van der Waals surface area contributed by atoms with Crippen LogP contribution in [0.3, 0.4) is 0 Å². The molecule has 0 saturated heterocycles. The standard InChI is InChI=1S/C11H16N2O4S/c1-9(2)12(3)18(16,17)8-10-5-4-6-11(7-10)13(14)15/h4-7,9H,8H2,1-3H3. The van der Waals surface area contributed by atoms with Gasteiger partial charge in [-0.15, -0.1) is 0 Å². The zero-order valence-corrected chi connectivity index (χ0v) is 11.3. The van der Waals surface area contributed by atoms with Crippen LogP contribution >= 0.6 is 0 Å². The third-order valence-electron chi connectivity index (χ3n) is 2.64. The van der Waals surface area contributed by atoms with Crippen molar-refractivity contribution < 1.29 is 13.3 Å². The third-order valence-corrected chi connectivity index (χ3v) is 4.63. The number of nitro benzene ring substituents is 1. The summed E-state index contributed by atoms with van der Waals surface area (Å²) in [6.45, 7) is 3.54. The van der Waals surface area contributed by atoms with E-state index in [0.717, 1.165) is 0 Å². The first-order valence-corrected chi connectivity index (χ1v) is 7.04. The van der Waals surface area contributed by atoms with Crippen LogP contribution in [0.15, 0.2) is 24.3 Å². The first kappa shape index (κ1) is 14.6. The highest BCUT2D eigenvalue weighted by Gasteiger charge is 2.21. The van der Waals surface area contributed by atoms with Crippen LogP contribution in [0.2, 0.25) is 0 Å². The van der Waals surface area contributed by atoms with E-state index in [-0.39, 0.29) is 17.5 Å². The Bertz CT molecular complexity index is 540. The summed E-state index contributed by atoms with van der Waals surface area (Å²) in [7, 11) is -1.95. The van der Waals surface area contributed by atoms with Crippen LogP contribution in [0.1, 0.15) is 19.4 Å². The minimum atomic E-state index is -3.44. The van der Waals surface area contributed by atoms with Crippen LogP contribution in [0.4, 0.5) is 5.69 Å². The number of benzene rings is 1. The fourth-order valence-corrected chi connectivity index (χ4v) is 2.84. The molecule has 0 atom stereocenters. The Labute approximate surface area is 106 Å². The van der Waals surface area contributed by atoms with Gasteiger partial charge in [0.1, 0.15) is 0 Å². The van der Waals surface area contributed by atoms with Gasteiger partial charge in [-0.05, 0) is 19.4 Å². The van der Waals surface area contributed by atoms with Crippen molar-refractivity contribution in [2.75, 3.05) is 7.05 Å². The number of hydrogen-bond donors (Lipinski definition) is 0. The van der Waals surface area contributed by atoms with Crippen LogP contribution in [0, 0.1) is 10.1 Å². The van der Waals surface area contributed by atoms with Crippen LogP contribution < -0.4 is 0 Å². The van der Waals surface area contributed by atoms with Crippen LogP contribution in [0.5, 0.6) is 0 Å². The van der Waals surface area contributed by atoms with Crippen molar-refractivity contribution in [1.82, 2.24) is 4.31 Å². The second kappa shape index (κ2) is 5.45. The molecule has 0 aliphatic rings. The normalized spacial score (nSPS) is 12.1. The van der Waals surface area contributed by atoms with E-state index in [1.807, 2.05) is 0 Å². The summed E-state index contributed by atoms with van der Waals surface area (Å²) in [5.41, 5.74) is 0.312. The number of nitro groups is 1. The smallest absolute Gasteiger partial charge is 0.258 e. The largest absolute Gasteiger partial charge is 0.269 e. The molecule has 1 aromatic carbocycles. The molecule has 18 heavy (non-hydrogen) atoms. The maximum atomic E-state index is 12.0. The van der Waals surface area contributed by atoms with Crippen molar-refractivity contribution in [2.45, 2.75) is 25.6 Å². The molecule has 6 nitrogen and oxygen atoms in total. The summed E-state index contributed by atoms with van der Waals surface area (Å²) in [5.74, 6) is -0.233. The SMILES string of the molecule is CC(C)N(C)S(=O)(=O)Cc1cccc([N+](=O)[O-])c1. The minimum Gasteiger partial charge on any atom is -0.258 e. The summed E-state index contributed by atoms with van der Waals surface area (Å²) >= 11 is 0. The van der Waals surface area contributed by atoms with E-state index in [1.165, 1.54) is 29.6 Å². The van der Waals surface area contributed by atoms with Crippen molar-refractivity contribution >= 4 is 15.7 Å². The van der Waals surface area contributed by atoms with E-state index >= 15 is 0 Å². The molecule has 100 valence electrons. The topological polar surface area (TPSA) is 80.5 Å². The summed E-state index contributed by atoms with van der Waals surface area (Å²) in [5, 5.41) is 10.6. The lowest BCUT2D eigenvalue weighted by atomic mass is 10.2. The van der Waals surface area contributed by atoms with Gasteiger partial charge in [0.25, 0.3) is 5.69 Å². The summed E-state index contributed by atoms with van der Waals surface area (Å²) in [4.78, 5) is 10.1. The predicted molar refractivity (Wildman–Crippen MR) is 68.6 cm³/mol. The van der Waals surface area contributed by atoms with E-state index < -0.39 is 14.9 Å².